The maximum Gasteiger partial charge on any atom is 0.315 e. The van der Waals surface area contributed by atoms with Gasteiger partial charge in [-0.1, -0.05) is 22.6 Å². The zero-order valence-corrected chi connectivity index (χ0v) is 10.5. The third kappa shape index (κ3) is 5.07. The quantitative estimate of drug-likeness (QED) is 0.435. The van der Waals surface area contributed by atoms with Crippen LogP contribution < -0.4 is 4.90 Å². The van der Waals surface area contributed by atoms with Gasteiger partial charge in [-0.15, -0.1) is 0 Å². The number of hydrogen-bond acceptors (Lipinski definition) is 3. The van der Waals surface area contributed by atoms with E-state index >= 15 is 0 Å². The highest BCUT2D eigenvalue weighted by atomic mass is 127. The van der Waals surface area contributed by atoms with Crippen molar-refractivity contribution >= 4 is 40.3 Å². The third-order valence-corrected chi connectivity index (χ3v) is 3.64. The number of esters is 1. The van der Waals surface area contributed by atoms with E-state index in [-0.39, 0.29) is 5.97 Å². The molecule has 0 unspecified atom stereocenters. The fourth-order valence-corrected chi connectivity index (χ4v) is 2.55. The zero-order chi connectivity index (χ0) is 9.52. The first kappa shape index (κ1) is 11.6. The fraction of sp³-hybridized carbons (Fsp3) is 0.875. The molecule has 3 nitrogen and oxygen atoms in total. The lowest BCUT2D eigenvalue weighted by molar-refractivity contribution is -0.896. The molecule has 0 aromatic heterocycles. The Morgan fingerprint density at radius 3 is 2.77 bits per heavy atom. The Kier molecular flexibility index (Phi) is 6.14. The van der Waals surface area contributed by atoms with Gasteiger partial charge in [0.1, 0.15) is 13.2 Å². The molecule has 0 aliphatic carbocycles. The lowest BCUT2D eigenvalue weighted by Crippen LogP contribution is -3.14. The molecule has 1 aliphatic heterocycles. The van der Waals surface area contributed by atoms with Gasteiger partial charge in [-0.05, 0) is 0 Å². The molecule has 0 bridgehead atoms. The Morgan fingerprint density at radius 2 is 2.15 bits per heavy atom. The van der Waals surface area contributed by atoms with Crippen LogP contribution in [0.4, 0.5) is 0 Å². The normalized spacial score (nSPS) is 18.5. The van der Waals surface area contributed by atoms with Crippen molar-refractivity contribution in [3.8, 4) is 0 Å². The van der Waals surface area contributed by atoms with Crippen molar-refractivity contribution in [3.63, 3.8) is 0 Å². The average molecular weight is 316 g/mol. The van der Waals surface area contributed by atoms with E-state index in [1.807, 2.05) is 34.4 Å². The minimum atomic E-state index is -0.0913. The van der Waals surface area contributed by atoms with Crippen molar-refractivity contribution in [1.82, 2.24) is 0 Å². The van der Waals surface area contributed by atoms with Gasteiger partial charge < -0.3 is 9.64 Å². The van der Waals surface area contributed by atoms with Crippen LogP contribution in [-0.2, 0) is 9.53 Å². The number of rotatable bonds is 4. The van der Waals surface area contributed by atoms with Crippen molar-refractivity contribution in [2.24, 2.45) is 0 Å². The van der Waals surface area contributed by atoms with E-state index in [9.17, 15) is 4.79 Å². The van der Waals surface area contributed by atoms with Crippen molar-refractivity contribution in [1.29, 1.82) is 0 Å². The summed E-state index contributed by atoms with van der Waals surface area (Å²) in [6.45, 7) is 3.99. The van der Waals surface area contributed by atoms with Gasteiger partial charge in [-0.3, -0.25) is 4.79 Å². The minimum Gasteiger partial charge on any atom is -0.459 e. The van der Waals surface area contributed by atoms with E-state index in [4.69, 9.17) is 4.74 Å². The molecule has 1 saturated heterocycles. The monoisotopic (exact) mass is 316 g/mol. The van der Waals surface area contributed by atoms with Crippen LogP contribution in [0, 0.1) is 0 Å². The maximum atomic E-state index is 10.8. The van der Waals surface area contributed by atoms with Gasteiger partial charge in [-0.2, -0.15) is 11.8 Å². The summed E-state index contributed by atoms with van der Waals surface area (Å²) in [5.74, 6) is 2.40. The van der Waals surface area contributed by atoms with E-state index in [2.05, 4.69) is 0 Å². The molecule has 13 heavy (non-hydrogen) atoms. The molecule has 0 spiro atoms. The lowest BCUT2D eigenvalue weighted by atomic mass is 10.5. The summed E-state index contributed by atoms with van der Waals surface area (Å²) < 4.78 is 5.48. The number of alkyl halides is 1. The highest BCUT2D eigenvalue weighted by Crippen LogP contribution is 1.97. The molecular weight excluding hydrogens is 301 g/mol. The SMILES string of the molecule is O=C(CI)OCC[NH+]1CCSCC1. The van der Waals surface area contributed by atoms with Crippen LogP contribution in [0.1, 0.15) is 0 Å². The first-order chi connectivity index (χ1) is 6.33. The highest BCUT2D eigenvalue weighted by molar-refractivity contribution is 14.1. The zero-order valence-electron chi connectivity index (χ0n) is 7.55. The Labute approximate surface area is 96.7 Å². The predicted octanol–water partition coefficient (Wildman–Crippen LogP) is -0.404. The first-order valence-corrected chi connectivity index (χ1v) is 7.14. The number of hydrogen-bond donors (Lipinski definition) is 1. The van der Waals surface area contributed by atoms with Crippen LogP contribution in [-0.4, -0.2) is 48.1 Å². The molecule has 1 rings (SSSR count). The van der Waals surface area contributed by atoms with Gasteiger partial charge in [0.2, 0.25) is 0 Å². The number of carbonyl (C=O) groups excluding carboxylic acids is 1. The Balaban J connectivity index is 2.01. The second-order valence-corrected chi connectivity index (χ2v) is 4.95. The van der Waals surface area contributed by atoms with Gasteiger partial charge in [-0.25, -0.2) is 0 Å². The third-order valence-electron chi connectivity index (χ3n) is 2.03. The maximum absolute atomic E-state index is 10.8. The molecular formula is C8H15INO2S+. The van der Waals surface area contributed by atoms with Gasteiger partial charge in [0.05, 0.1) is 17.5 Å². The molecule has 5 heteroatoms. The van der Waals surface area contributed by atoms with Gasteiger partial charge in [0, 0.05) is 11.5 Å². The van der Waals surface area contributed by atoms with Crippen LogP contribution in [0.15, 0.2) is 0 Å². The van der Waals surface area contributed by atoms with Crippen molar-refractivity contribution in [3.05, 3.63) is 0 Å². The predicted molar refractivity (Wildman–Crippen MR) is 62.7 cm³/mol. The van der Waals surface area contributed by atoms with E-state index in [0.29, 0.717) is 11.0 Å². The van der Waals surface area contributed by atoms with E-state index in [0.717, 1.165) is 6.54 Å². The summed E-state index contributed by atoms with van der Waals surface area (Å²) in [6.07, 6.45) is 0. The smallest absolute Gasteiger partial charge is 0.315 e. The van der Waals surface area contributed by atoms with E-state index in [1.165, 1.54) is 24.6 Å². The van der Waals surface area contributed by atoms with Gasteiger partial charge in [0.25, 0.3) is 0 Å². The molecule has 76 valence electrons. The summed E-state index contributed by atoms with van der Waals surface area (Å²) >= 11 is 4.04. The Hall–Kier alpha value is 0.510. The molecule has 1 heterocycles. The first-order valence-electron chi connectivity index (χ1n) is 4.46. The van der Waals surface area contributed by atoms with Crippen molar-refractivity contribution in [2.45, 2.75) is 0 Å². The number of thioether (sulfide) groups is 1. The molecule has 1 aliphatic rings. The van der Waals surface area contributed by atoms with Crippen LogP contribution in [0.3, 0.4) is 0 Å². The van der Waals surface area contributed by atoms with Crippen LogP contribution in [0.5, 0.6) is 0 Å². The lowest BCUT2D eigenvalue weighted by Gasteiger charge is -2.22. The molecule has 0 aromatic rings. The Morgan fingerprint density at radius 1 is 1.46 bits per heavy atom. The van der Waals surface area contributed by atoms with Gasteiger partial charge in [0.15, 0.2) is 0 Å². The van der Waals surface area contributed by atoms with Gasteiger partial charge >= 0.3 is 5.97 Å². The largest absolute Gasteiger partial charge is 0.459 e. The second kappa shape index (κ2) is 6.89. The number of nitrogens with one attached hydrogen (secondary N) is 1. The number of ether oxygens (including phenoxy) is 1. The topological polar surface area (TPSA) is 30.7 Å². The molecule has 0 aromatic carbocycles. The second-order valence-electron chi connectivity index (χ2n) is 2.97. The number of quaternary nitrogens is 1. The minimum absolute atomic E-state index is 0.0913. The van der Waals surface area contributed by atoms with Crippen molar-refractivity contribution < 1.29 is 14.4 Å². The summed E-state index contributed by atoms with van der Waals surface area (Å²) in [5.41, 5.74) is 0. The summed E-state index contributed by atoms with van der Waals surface area (Å²) in [6, 6.07) is 0. The summed E-state index contributed by atoms with van der Waals surface area (Å²) in [5, 5.41) is 0. The van der Waals surface area contributed by atoms with Crippen molar-refractivity contribution in [2.75, 3.05) is 42.2 Å². The summed E-state index contributed by atoms with van der Waals surface area (Å²) in [7, 11) is 0. The molecule has 0 radical (unpaired) electrons. The standard InChI is InChI=1S/C8H14INO2S/c9-7-8(11)12-4-1-10-2-5-13-6-3-10/h1-7H2/p+1. The number of halogens is 1. The molecule has 0 atom stereocenters. The average Bonchev–Trinajstić information content (AvgIpc) is 2.19. The van der Waals surface area contributed by atoms with E-state index < -0.39 is 0 Å². The molecule has 1 N–H and O–H groups in total. The highest BCUT2D eigenvalue weighted by Gasteiger charge is 2.13. The molecule has 0 saturated carbocycles. The Bertz CT molecular complexity index is 162. The number of carbonyl (C=O) groups is 1. The van der Waals surface area contributed by atoms with Crippen LogP contribution in [0.2, 0.25) is 0 Å². The molecule has 1 fully saturated rings. The van der Waals surface area contributed by atoms with E-state index in [1.54, 1.807) is 4.90 Å². The van der Waals surface area contributed by atoms with Crippen LogP contribution >= 0.6 is 34.4 Å². The van der Waals surface area contributed by atoms with Crippen LogP contribution in [0.25, 0.3) is 0 Å². The fourth-order valence-electron chi connectivity index (χ4n) is 1.26. The molecule has 0 amide bonds. The summed E-state index contributed by atoms with van der Waals surface area (Å²) in [4.78, 5) is 12.4.